The molecule has 0 spiro atoms. The zero-order valence-electron chi connectivity index (χ0n) is 11.7. The van der Waals surface area contributed by atoms with Crippen LogP contribution < -0.4 is 10.5 Å². The Bertz CT molecular complexity index is 514. The molecule has 0 atom stereocenters. The van der Waals surface area contributed by atoms with E-state index in [1.807, 2.05) is 12.1 Å². The third kappa shape index (κ3) is 3.38. The van der Waals surface area contributed by atoms with Gasteiger partial charge >= 0.3 is 0 Å². The highest BCUT2D eigenvalue weighted by molar-refractivity contribution is 5.62. The molecule has 0 saturated heterocycles. The lowest BCUT2D eigenvalue weighted by Crippen LogP contribution is -2.02. The summed E-state index contributed by atoms with van der Waals surface area (Å²) in [7, 11) is 0. The molecule has 0 radical (unpaired) electrons. The van der Waals surface area contributed by atoms with Gasteiger partial charge in [0.2, 0.25) is 0 Å². The number of aryl methyl sites for hydroxylation is 1. The van der Waals surface area contributed by atoms with Crippen molar-refractivity contribution in [3.63, 3.8) is 0 Å². The van der Waals surface area contributed by atoms with Crippen molar-refractivity contribution in [2.45, 2.75) is 26.7 Å². The predicted octanol–water partition coefficient (Wildman–Crippen LogP) is 3.28. The van der Waals surface area contributed by atoms with Crippen LogP contribution in [-0.2, 0) is 6.42 Å². The van der Waals surface area contributed by atoms with Gasteiger partial charge in [0.25, 0.3) is 0 Å². The first-order valence-electron chi connectivity index (χ1n) is 6.86. The molecular formula is C16H22N2O. The topological polar surface area (TPSA) is 51.0 Å². The molecule has 0 bridgehead atoms. The van der Waals surface area contributed by atoms with Crippen LogP contribution in [0.25, 0.3) is 11.3 Å². The molecule has 0 fully saturated rings. The molecule has 19 heavy (non-hydrogen) atoms. The van der Waals surface area contributed by atoms with E-state index in [-0.39, 0.29) is 0 Å². The molecule has 102 valence electrons. The second-order valence-electron chi connectivity index (χ2n) is 4.74. The number of hydrogen-bond donors (Lipinski definition) is 2. The van der Waals surface area contributed by atoms with Gasteiger partial charge in [0.15, 0.2) is 0 Å². The van der Waals surface area contributed by atoms with Gasteiger partial charge < -0.3 is 15.5 Å². The fourth-order valence-electron chi connectivity index (χ4n) is 2.12. The minimum Gasteiger partial charge on any atom is -0.494 e. The van der Waals surface area contributed by atoms with Crippen molar-refractivity contribution in [2.75, 3.05) is 13.2 Å². The number of H-pyrrole nitrogens is 1. The summed E-state index contributed by atoms with van der Waals surface area (Å²) in [5.41, 5.74) is 10.4. The lowest BCUT2D eigenvalue weighted by molar-refractivity contribution is 0.317. The number of aromatic nitrogens is 1. The number of nitrogens with one attached hydrogen (secondary N) is 1. The lowest BCUT2D eigenvalue weighted by Gasteiger charge is -2.05. The van der Waals surface area contributed by atoms with Crippen LogP contribution in [-0.4, -0.2) is 18.1 Å². The van der Waals surface area contributed by atoms with Gasteiger partial charge in [-0.3, -0.25) is 0 Å². The largest absolute Gasteiger partial charge is 0.494 e. The van der Waals surface area contributed by atoms with Crippen molar-refractivity contribution in [1.82, 2.24) is 4.98 Å². The SMILES string of the molecule is CCCOc1ccc(-c2cc(CCN)c(C)[nH]2)cc1. The van der Waals surface area contributed by atoms with Crippen molar-refractivity contribution in [3.05, 3.63) is 41.6 Å². The number of rotatable bonds is 6. The molecule has 0 amide bonds. The summed E-state index contributed by atoms with van der Waals surface area (Å²) in [6.07, 6.45) is 1.94. The monoisotopic (exact) mass is 258 g/mol. The summed E-state index contributed by atoms with van der Waals surface area (Å²) in [6, 6.07) is 10.4. The molecule has 0 aliphatic rings. The second kappa shape index (κ2) is 6.43. The summed E-state index contributed by atoms with van der Waals surface area (Å²) >= 11 is 0. The van der Waals surface area contributed by atoms with Crippen molar-refractivity contribution in [2.24, 2.45) is 5.73 Å². The minimum atomic E-state index is 0.682. The minimum absolute atomic E-state index is 0.682. The van der Waals surface area contributed by atoms with E-state index in [1.165, 1.54) is 16.8 Å². The van der Waals surface area contributed by atoms with Gasteiger partial charge in [-0.2, -0.15) is 0 Å². The van der Waals surface area contributed by atoms with Crippen LogP contribution in [0.15, 0.2) is 30.3 Å². The van der Waals surface area contributed by atoms with E-state index < -0.39 is 0 Å². The quantitative estimate of drug-likeness (QED) is 0.835. The van der Waals surface area contributed by atoms with Gasteiger partial charge in [0.1, 0.15) is 5.75 Å². The number of nitrogens with two attached hydrogens (primary N) is 1. The van der Waals surface area contributed by atoms with Crippen molar-refractivity contribution < 1.29 is 4.74 Å². The molecular weight excluding hydrogens is 236 g/mol. The fourth-order valence-corrected chi connectivity index (χ4v) is 2.12. The molecule has 0 unspecified atom stereocenters. The summed E-state index contributed by atoms with van der Waals surface area (Å²) in [6.45, 7) is 5.64. The standard InChI is InChI=1S/C16H22N2O/c1-3-10-19-15-6-4-13(5-7-15)16-11-14(8-9-17)12(2)18-16/h4-7,11,18H,3,8-10,17H2,1-2H3. The Balaban J connectivity index is 2.15. The first kappa shape index (κ1) is 13.7. The van der Waals surface area contributed by atoms with Crippen LogP contribution >= 0.6 is 0 Å². The predicted molar refractivity (Wildman–Crippen MR) is 79.5 cm³/mol. The van der Waals surface area contributed by atoms with Gasteiger partial charge in [-0.1, -0.05) is 6.92 Å². The van der Waals surface area contributed by atoms with E-state index in [9.17, 15) is 0 Å². The molecule has 1 aromatic carbocycles. The summed E-state index contributed by atoms with van der Waals surface area (Å²) in [5, 5.41) is 0. The average molecular weight is 258 g/mol. The molecule has 1 aromatic heterocycles. The molecule has 1 heterocycles. The van der Waals surface area contributed by atoms with Crippen LogP contribution in [0.2, 0.25) is 0 Å². The van der Waals surface area contributed by atoms with Crippen molar-refractivity contribution in [3.8, 4) is 17.0 Å². The van der Waals surface area contributed by atoms with E-state index in [1.54, 1.807) is 0 Å². The lowest BCUT2D eigenvalue weighted by atomic mass is 10.1. The maximum atomic E-state index is 5.61. The summed E-state index contributed by atoms with van der Waals surface area (Å²) < 4.78 is 5.59. The molecule has 3 N–H and O–H groups in total. The van der Waals surface area contributed by atoms with E-state index in [4.69, 9.17) is 10.5 Å². The van der Waals surface area contributed by atoms with Crippen LogP contribution in [0.5, 0.6) is 5.75 Å². The van der Waals surface area contributed by atoms with Crippen LogP contribution in [0.1, 0.15) is 24.6 Å². The van der Waals surface area contributed by atoms with Gasteiger partial charge in [0.05, 0.1) is 6.61 Å². The number of benzene rings is 1. The maximum Gasteiger partial charge on any atom is 0.119 e. The Kier molecular flexibility index (Phi) is 4.63. The zero-order valence-corrected chi connectivity index (χ0v) is 11.7. The second-order valence-corrected chi connectivity index (χ2v) is 4.74. The molecule has 0 aliphatic carbocycles. The number of hydrogen-bond acceptors (Lipinski definition) is 2. The molecule has 2 rings (SSSR count). The molecule has 0 aliphatic heterocycles. The third-order valence-electron chi connectivity index (χ3n) is 3.17. The Morgan fingerprint density at radius 2 is 1.95 bits per heavy atom. The van der Waals surface area contributed by atoms with Crippen LogP contribution in [0.4, 0.5) is 0 Å². The molecule has 2 aromatic rings. The number of aromatic amines is 1. The van der Waals surface area contributed by atoms with E-state index in [2.05, 4.69) is 37.0 Å². The Labute approximate surface area is 114 Å². The van der Waals surface area contributed by atoms with Gasteiger partial charge in [-0.15, -0.1) is 0 Å². The summed E-state index contributed by atoms with van der Waals surface area (Å²) in [5.74, 6) is 0.927. The van der Waals surface area contributed by atoms with E-state index in [0.29, 0.717) is 6.54 Å². The first-order chi connectivity index (χ1) is 9.24. The highest BCUT2D eigenvalue weighted by Crippen LogP contribution is 2.24. The summed E-state index contributed by atoms with van der Waals surface area (Å²) in [4.78, 5) is 3.41. The van der Waals surface area contributed by atoms with E-state index >= 15 is 0 Å². The maximum absolute atomic E-state index is 5.61. The van der Waals surface area contributed by atoms with Gasteiger partial charge in [-0.05, 0) is 67.8 Å². The molecule has 3 nitrogen and oxygen atoms in total. The van der Waals surface area contributed by atoms with Crippen molar-refractivity contribution >= 4 is 0 Å². The Hall–Kier alpha value is -1.74. The van der Waals surface area contributed by atoms with E-state index in [0.717, 1.165) is 30.9 Å². The van der Waals surface area contributed by atoms with Gasteiger partial charge in [0, 0.05) is 11.4 Å². The highest BCUT2D eigenvalue weighted by atomic mass is 16.5. The average Bonchev–Trinajstić information content (AvgIpc) is 2.79. The zero-order chi connectivity index (χ0) is 13.7. The smallest absolute Gasteiger partial charge is 0.119 e. The highest BCUT2D eigenvalue weighted by Gasteiger charge is 2.06. The first-order valence-corrected chi connectivity index (χ1v) is 6.86. The third-order valence-corrected chi connectivity index (χ3v) is 3.17. The number of ether oxygens (including phenoxy) is 1. The van der Waals surface area contributed by atoms with Crippen LogP contribution in [0.3, 0.4) is 0 Å². The van der Waals surface area contributed by atoms with Crippen LogP contribution in [0, 0.1) is 6.92 Å². The normalized spacial score (nSPS) is 10.7. The Morgan fingerprint density at radius 3 is 2.58 bits per heavy atom. The Morgan fingerprint density at radius 1 is 1.21 bits per heavy atom. The van der Waals surface area contributed by atoms with Crippen molar-refractivity contribution in [1.29, 1.82) is 0 Å². The molecule has 3 heteroatoms. The van der Waals surface area contributed by atoms with Gasteiger partial charge in [-0.25, -0.2) is 0 Å². The molecule has 0 saturated carbocycles. The fraction of sp³-hybridized carbons (Fsp3) is 0.375.